The first kappa shape index (κ1) is 26.1. The van der Waals surface area contributed by atoms with Gasteiger partial charge in [0.05, 0.1) is 42.7 Å². The Hall–Kier alpha value is -3.56. The Labute approximate surface area is 223 Å². The zero-order chi connectivity index (χ0) is 27.1. The second kappa shape index (κ2) is 10.3. The number of carbonyl (C=O) groups is 1. The summed E-state index contributed by atoms with van der Waals surface area (Å²) >= 11 is 0. The number of nitrogens with one attached hydrogen (secondary N) is 1. The molecule has 3 aromatic heterocycles. The molecular formula is C29H37N7O2. The van der Waals surface area contributed by atoms with E-state index in [9.17, 15) is 4.79 Å². The maximum absolute atomic E-state index is 13.2. The van der Waals surface area contributed by atoms with E-state index in [1.807, 2.05) is 43.6 Å². The lowest BCUT2D eigenvalue weighted by atomic mass is 9.93. The highest BCUT2D eigenvalue weighted by atomic mass is 16.5. The molecule has 38 heavy (non-hydrogen) atoms. The summed E-state index contributed by atoms with van der Waals surface area (Å²) in [6.45, 7) is 11.8. The lowest BCUT2D eigenvalue weighted by Crippen LogP contribution is -2.55. The first-order valence-electron chi connectivity index (χ1n) is 13.2. The number of aryl methyl sites for hydroxylation is 1. The number of ether oxygens (including phenoxy) is 1. The highest BCUT2D eigenvalue weighted by Gasteiger charge is 2.32. The SMILES string of the molecule is Cc1cc(-c2[nH]nc(-c3ccc(C(C)N(C)C(=O)C(C)N(C)C4COC4)cc3)c2C(C)C)cn2ncnc12. The Morgan fingerprint density at radius 2 is 1.82 bits per heavy atom. The lowest BCUT2D eigenvalue weighted by Gasteiger charge is -2.39. The maximum atomic E-state index is 13.2. The predicted octanol–water partition coefficient (Wildman–Crippen LogP) is 4.46. The van der Waals surface area contributed by atoms with Gasteiger partial charge in [-0.3, -0.25) is 14.8 Å². The molecule has 9 nitrogen and oxygen atoms in total. The third-order valence-electron chi connectivity index (χ3n) is 7.99. The highest BCUT2D eigenvalue weighted by Crippen LogP contribution is 2.36. The molecule has 0 aliphatic carbocycles. The number of aromatic amines is 1. The number of benzene rings is 1. The Kier molecular flexibility index (Phi) is 7.07. The molecule has 4 heterocycles. The van der Waals surface area contributed by atoms with Crippen molar-refractivity contribution >= 4 is 11.6 Å². The Balaban J connectivity index is 1.39. The molecule has 4 aromatic rings. The summed E-state index contributed by atoms with van der Waals surface area (Å²) in [5.41, 5.74) is 8.16. The van der Waals surface area contributed by atoms with Crippen LogP contribution >= 0.6 is 0 Å². The second-order valence-corrected chi connectivity index (χ2v) is 10.7. The number of nitrogens with zero attached hydrogens (tertiary/aromatic N) is 6. The van der Waals surface area contributed by atoms with E-state index < -0.39 is 0 Å². The number of hydrogen-bond acceptors (Lipinski definition) is 6. The molecule has 1 fully saturated rings. The van der Waals surface area contributed by atoms with E-state index in [2.05, 4.69) is 71.2 Å². The van der Waals surface area contributed by atoms with E-state index in [1.54, 1.807) is 6.33 Å². The van der Waals surface area contributed by atoms with Crippen LogP contribution in [0, 0.1) is 6.92 Å². The van der Waals surface area contributed by atoms with E-state index in [4.69, 9.17) is 9.84 Å². The van der Waals surface area contributed by atoms with E-state index in [-0.39, 0.29) is 23.9 Å². The molecule has 5 rings (SSSR count). The van der Waals surface area contributed by atoms with Crippen molar-refractivity contribution in [2.24, 2.45) is 0 Å². The normalized spacial score (nSPS) is 15.7. The van der Waals surface area contributed by atoms with Crippen LogP contribution in [0.5, 0.6) is 0 Å². The average Bonchev–Trinajstić information content (AvgIpc) is 3.54. The zero-order valence-electron chi connectivity index (χ0n) is 23.3. The number of pyridine rings is 1. The summed E-state index contributed by atoms with van der Waals surface area (Å²) in [5, 5.41) is 12.4. The van der Waals surface area contributed by atoms with Crippen LogP contribution in [0.15, 0.2) is 42.9 Å². The lowest BCUT2D eigenvalue weighted by molar-refractivity contribution is -0.141. The number of H-pyrrole nitrogens is 1. The third-order valence-corrected chi connectivity index (χ3v) is 7.99. The summed E-state index contributed by atoms with van der Waals surface area (Å²) < 4.78 is 7.11. The fourth-order valence-electron chi connectivity index (χ4n) is 5.16. The molecule has 2 atom stereocenters. The fraction of sp³-hybridized carbons (Fsp3) is 0.448. The Morgan fingerprint density at radius 1 is 1.11 bits per heavy atom. The van der Waals surface area contributed by atoms with Crippen LogP contribution in [-0.2, 0) is 9.53 Å². The summed E-state index contributed by atoms with van der Waals surface area (Å²) in [4.78, 5) is 21.5. The van der Waals surface area contributed by atoms with Gasteiger partial charge in [0.1, 0.15) is 6.33 Å². The second-order valence-electron chi connectivity index (χ2n) is 10.7. The van der Waals surface area contributed by atoms with Crippen molar-refractivity contribution in [2.75, 3.05) is 27.3 Å². The molecule has 2 unspecified atom stereocenters. The van der Waals surface area contributed by atoms with Gasteiger partial charge in [-0.1, -0.05) is 38.1 Å². The molecule has 1 amide bonds. The van der Waals surface area contributed by atoms with Gasteiger partial charge < -0.3 is 9.64 Å². The van der Waals surface area contributed by atoms with Crippen LogP contribution < -0.4 is 0 Å². The van der Waals surface area contributed by atoms with Crippen molar-refractivity contribution in [2.45, 2.75) is 58.7 Å². The molecule has 0 radical (unpaired) electrons. The highest BCUT2D eigenvalue weighted by molar-refractivity contribution is 5.82. The van der Waals surface area contributed by atoms with Gasteiger partial charge >= 0.3 is 0 Å². The summed E-state index contributed by atoms with van der Waals surface area (Å²) in [5.74, 6) is 0.363. The minimum atomic E-state index is -0.202. The Morgan fingerprint density at radius 3 is 2.45 bits per heavy atom. The molecule has 0 bridgehead atoms. The number of carbonyl (C=O) groups excluding carboxylic acids is 1. The molecule has 1 aliphatic rings. The van der Waals surface area contributed by atoms with Gasteiger partial charge in [-0.25, -0.2) is 9.50 Å². The molecule has 0 spiro atoms. The van der Waals surface area contributed by atoms with Crippen LogP contribution in [0.2, 0.25) is 0 Å². The summed E-state index contributed by atoms with van der Waals surface area (Å²) in [6, 6.07) is 10.6. The first-order chi connectivity index (χ1) is 18.2. The first-order valence-corrected chi connectivity index (χ1v) is 13.2. The average molecular weight is 516 g/mol. The molecule has 1 N–H and O–H groups in total. The molecule has 1 aliphatic heterocycles. The molecular weight excluding hydrogens is 478 g/mol. The van der Waals surface area contributed by atoms with Crippen molar-refractivity contribution in [1.82, 2.24) is 34.6 Å². The predicted molar refractivity (Wildman–Crippen MR) is 148 cm³/mol. The number of aromatic nitrogens is 5. The van der Waals surface area contributed by atoms with E-state index >= 15 is 0 Å². The van der Waals surface area contributed by atoms with Gasteiger partial charge in [-0.2, -0.15) is 10.2 Å². The number of hydrogen-bond donors (Lipinski definition) is 1. The topological polar surface area (TPSA) is 91.7 Å². The van der Waals surface area contributed by atoms with Crippen molar-refractivity contribution < 1.29 is 9.53 Å². The van der Waals surface area contributed by atoms with Crippen LogP contribution in [0.1, 0.15) is 56.3 Å². The van der Waals surface area contributed by atoms with Gasteiger partial charge in [0.2, 0.25) is 5.91 Å². The third kappa shape index (κ3) is 4.61. The largest absolute Gasteiger partial charge is 0.378 e. The fourth-order valence-corrected chi connectivity index (χ4v) is 5.16. The van der Waals surface area contributed by atoms with Crippen molar-refractivity contribution in [3.05, 3.63) is 59.5 Å². The maximum Gasteiger partial charge on any atom is 0.239 e. The van der Waals surface area contributed by atoms with Gasteiger partial charge in [-0.05, 0) is 50.9 Å². The van der Waals surface area contributed by atoms with E-state index in [1.165, 1.54) is 0 Å². The van der Waals surface area contributed by atoms with Gasteiger partial charge in [0, 0.05) is 29.9 Å². The molecule has 1 aromatic carbocycles. The van der Waals surface area contributed by atoms with Crippen LogP contribution in [-0.4, -0.2) is 79.9 Å². The minimum Gasteiger partial charge on any atom is -0.378 e. The standard InChI is InChI=1S/C29H37N7O2/c1-17(2)25-26(32-33-27(25)23-12-18(3)28-30-16-31-36(28)13-23)22-10-8-21(9-11-22)19(4)35(7)29(37)20(5)34(6)24-14-38-15-24/h8-13,16-17,19-20,24H,14-15H2,1-7H3,(H,32,33). The number of rotatable bonds is 8. The van der Waals surface area contributed by atoms with Crippen LogP contribution in [0.3, 0.4) is 0 Å². The number of likely N-dealkylation sites (N-methyl/N-ethyl adjacent to an activating group) is 2. The smallest absolute Gasteiger partial charge is 0.239 e. The summed E-state index contributed by atoms with van der Waals surface area (Å²) in [6.07, 6.45) is 3.57. The zero-order valence-corrected chi connectivity index (χ0v) is 23.3. The van der Waals surface area contributed by atoms with Crippen molar-refractivity contribution in [3.8, 4) is 22.5 Å². The van der Waals surface area contributed by atoms with E-state index in [0.29, 0.717) is 19.3 Å². The van der Waals surface area contributed by atoms with Gasteiger partial charge in [0.25, 0.3) is 0 Å². The monoisotopic (exact) mass is 515 g/mol. The molecule has 1 saturated heterocycles. The van der Waals surface area contributed by atoms with Gasteiger partial charge in [-0.15, -0.1) is 0 Å². The van der Waals surface area contributed by atoms with Crippen LogP contribution in [0.4, 0.5) is 0 Å². The molecule has 0 saturated carbocycles. The van der Waals surface area contributed by atoms with Gasteiger partial charge in [0.15, 0.2) is 5.65 Å². The summed E-state index contributed by atoms with van der Waals surface area (Å²) in [7, 11) is 3.88. The Bertz CT molecular complexity index is 1440. The quantitative estimate of drug-likeness (QED) is 0.373. The van der Waals surface area contributed by atoms with E-state index in [0.717, 1.165) is 44.9 Å². The van der Waals surface area contributed by atoms with Crippen LogP contribution in [0.25, 0.3) is 28.2 Å². The minimum absolute atomic E-state index is 0.0539. The van der Waals surface area contributed by atoms with Crippen molar-refractivity contribution in [1.29, 1.82) is 0 Å². The number of amides is 1. The molecule has 9 heteroatoms. The van der Waals surface area contributed by atoms with Crippen molar-refractivity contribution in [3.63, 3.8) is 0 Å². The molecule has 200 valence electrons. The number of fused-ring (bicyclic) bond motifs is 1.